The van der Waals surface area contributed by atoms with Gasteiger partial charge in [-0.3, -0.25) is 24.2 Å². The monoisotopic (exact) mass is 471 g/mol. The van der Waals surface area contributed by atoms with Crippen LogP contribution in [-0.4, -0.2) is 25.0 Å². The van der Waals surface area contributed by atoms with Gasteiger partial charge in [0.15, 0.2) is 0 Å². The lowest BCUT2D eigenvalue weighted by Crippen LogP contribution is -2.14. The average Bonchev–Trinajstić information content (AvgIpc) is 3.08. The van der Waals surface area contributed by atoms with Crippen LogP contribution < -0.4 is 14.3 Å². The predicted molar refractivity (Wildman–Crippen MR) is 122 cm³/mol. The van der Waals surface area contributed by atoms with Gasteiger partial charge in [-0.1, -0.05) is 41.7 Å². The number of nitrogens with one attached hydrogen (secondary N) is 1. The molecule has 32 heavy (non-hydrogen) atoms. The van der Waals surface area contributed by atoms with Gasteiger partial charge in [0, 0.05) is 12.1 Å². The molecule has 11 heteroatoms. The Balaban J connectivity index is 1.70. The van der Waals surface area contributed by atoms with Gasteiger partial charge in [-0.05, 0) is 29.8 Å². The number of fused-ring (bicyclic) bond motifs is 1. The summed E-state index contributed by atoms with van der Waals surface area (Å²) in [5, 5.41) is 11.1. The Bertz CT molecular complexity index is 1480. The number of hydrogen-bond donors (Lipinski definition) is 1. The third kappa shape index (κ3) is 4.20. The van der Waals surface area contributed by atoms with E-state index < -0.39 is 14.9 Å². The summed E-state index contributed by atoms with van der Waals surface area (Å²) in [6.45, 7) is 0.370. The Labute approximate surface area is 186 Å². The van der Waals surface area contributed by atoms with Gasteiger partial charge >= 0.3 is 4.87 Å². The van der Waals surface area contributed by atoms with Crippen molar-refractivity contribution in [3.8, 4) is 5.75 Å². The molecule has 4 rings (SSSR count). The highest BCUT2D eigenvalue weighted by Crippen LogP contribution is 2.31. The summed E-state index contributed by atoms with van der Waals surface area (Å²) >= 11 is 0.950. The lowest BCUT2D eigenvalue weighted by atomic mass is 10.2. The quantitative estimate of drug-likeness (QED) is 0.323. The Hall–Kier alpha value is -3.70. The number of sulfonamides is 1. The van der Waals surface area contributed by atoms with E-state index in [2.05, 4.69) is 4.72 Å². The SMILES string of the molecule is COc1ccc([N+](=O)[O-])cc1NS(=O)(=O)c1ccc2c(c1)sc(=O)n2Cc1ccccc1. The summed E-state index contributed by atoms with van der Waals surface area (Å²) in [5.41, 5.74) is 1.23. The number of rotatable bonds is 7. The van der Waals surface area contributed by atoms with E-state index in [1.54, 1.807) is 10.6 Å². The number of methoxy groups -OCH3 is 1. The number of nitro benzene ring substituents is 1. The number of anilines is 1. The van der Waals surface area contributed by atoms with Crippen LogP contribution in [0.15, 0.2) is 76.4 Å². The van der Waals surface area contributed by atoms with Crippen LogP contribution in [0.3, 0.4) is 0 Å². The normalized spacial score (nSPS) is 11.4. The number of aromatic nitrogens is 1. The summed E-state index contributed by atoms with van der Waals surface area (Å²) in [6.07, 6.45) is 0. The van der Waals surface area contributed by atoms with Crippen LogP contribution in [0.25, 0.3) is 10.2 Å². The summed E-state index contributed by atoms with van der Waals surface area (Å²) in [5.74, 6) is 0.138. The molecule has 0 saturated carbocycles. The standard InChI is InChI=1S/C21H17N3O6S2/c1-30-19-10-7-15(24(26)27)11-17(19)22-32(28,29)16-8-9-18-20(12-16)31-21(25)23(18)13-14-5-3-2-4-6-14/h2-12,22H,13H2,1H3. The molecule has 0 atom stereocenters. The van der Waals surface area contributed by atoms with E-state index in [0.717, 1.165) is 23.0 Å². The molecule has 4 aromatic rings. The Morgan fingerprint density at radius 3 is 2.53 bits per heavy atom. The highest BCUT2D eigenvalue weighted by atomic mass is 32.2. The minimum atomic E-state index is -4.10. The Kier molecular flexibility index (Phi) is 5.68. The first kappa shape index (κ1) is 21.5. The van der Waals surface area contributed by atoms with Crippen molar-refractivity contribution in [2.24, 2.45) is 0 Å². The van der Waals surface area contributed by atoms with Crippen LogP contribution in [-0.2, 0) is 16.6 Å². The van der Waals surface area contributed by atoms with Crippen molar-refractivity contribution in [1.82, 2.24) is 4.57 Å². The van der Waals surface area contributed by atoms with E-state index in [9.17, 15) is 23.3 Å². The van der Waals surface area contributed by atoms with E-state index in [4.69, 9.17) is 4.74 Å². The van der Waals surface area contributed by atoms with Gasteiger partial charge in [0.1, 0.15) is 5.75 Å². The molecular weight excluding hydrogens is 454 g/mol. The van der Waals surface area contributed by atoms with Gasteiger partial charge in [-0.25, -0.2) is 8.42 Å². The molecule has 0 radical (unpaired) electrons. The Morgan fingerprint density at radius 1 is 1.09 bits per heavy atom. The lowest BCUT2D eigenvalue weighted by molar-refractivity contribution is -0.384. The van der Waals surface area contributed by atoms with Crippen LogP contribution in [0, 0.1) is 10.1 Å². The first-order valence-corrected chi connectivity index (χ1v) is 11.6. The van der Waals surface area contributed by atoms with Crippen LogP contribution in [0.4, 0.5) is 11.4 Å². The molecule has 1 heterocycles. The molecule has 0 saturated heterocycles. The maximum absolute atomic E-state index is 13.0. The molecule has 0 aliphatic rings. The predicted octanol–water partition coefficient (Wildman–Crippen LogP) is 3.83. The summed E-state index contributed by atoms with van der Waals surface area (Å²) in [6, 6.07) is 17.5. The molecule has 0 bridgehead atoms. The number of hydrogen-bond acceptors (Lipinski definition) is 7. The fraction of sp³-hybridized carbons (Fsp3) is 0.0952. The van der Waals surface area contributed by atoms with E-state index >= 15 is 0 Å². The van der Waals surface area contributed by atoms with Gasteiger partial charge < -0.3 is 4.74 Å². The maximum atomic E-state index is 13.0. The zero-order chi connectivity index (χ0) is 22.9. The molecule has 0 amide bonds. The number of nitro groups is 1. The molecule has 0 spiro atoms. The van der Waals surface area contributed by atoms with Crippen LogP contribution >= 0.6 is 11.3 Å². The van der Waals surface area contributed by atoms with E-state index in [1.165, 1.54) is 31.4 Å². The van der Waals surface area contributed by atoms with E-state index in [-0.39, 0.29) is 26.9 Å². The topological polar surface area (TPSA) is 121 Å². The number of benzene rings is 3. The van der Waals surface area contributed by atoms with Crippen molar-refractivity contribution >= 4 is 43.0 Å². The van der Waals surface area contributed by atoms with Crippen molar-refractivity contribution in [1.29, 1.82) is 0 Å². The van der Waals surface area contributed by atoms with Crippen molar-refractivity contribution in [3.05, 3.63) is 92.1 Å². The second kappa shape index (κ2) is 8.44. The van der Waals surface area contributed by atoms with Gasteiger partial charge in [0.25, 0.3) is 15.7 Å². The molecule has 1 N–H and O–H groups in total. The molecule has 164 valence electrons. The van der Waals surface area contributed by atoms with E-state index in [1.807, 2.05) is 30.3 Å². The fourth-order valence-corrected chi connectivity index (χ4v) is 5.31. The molecule has 9 nitrogen and oxygen atoms in total. The molecule has 0 fully saturated rings. The van der Waals surface area contributed by atoms with E-state index in [0.29, 0.717) is 16.8 Å². The fourth-order valence-electron chi connectivity index (χ4n) is 3.22. The minimum absolute atomic E-state index is 0.0587. The molecule has 0 aliphatic carbocycles. The zero-order valence-corrected chi connectivity index (χ0v) is 18.4. The number of nitrogens with zero attached hydrogens (tertiary/aromatic N) is 2. The number of thiazole rings is 1. The van der Waals surface area contributed by atoms with Crippen molar-refractivity contribution in [2.75, 3.05) is 11.8 Å². The molecule has 0 aliphatic heterocycles. The lowest BCUT2D eigenvalue weighted by Gasteiger charge is -2.12. The van der Waals surface area contributed by atoms with Gasteiger partial charge in [-0.2, -0.15) is 0 Å². The third-order valence-corrected chi connectivity index (χ3v) is 7.08. The zero-order valence-electron chi connectivity index (χ0n) is 16.7. The van der Waals surface area contributed by atoms with Crippen molar-refractivity contribution < 1.29 is 18.1 Å². The number of ether oxygens (including phenoxy) is 1. The van der Waals surface area contributed by atoms with Gasteiger partial charge in [0.05, 0.1) is 39.4 Å². The third-order valence-electron chi connectivity index (χ3n) is 4.77. The number of non-ortho nitro benzene ring substituents is 1. The summed E-state index contributed by atoms with van der Waals surface area (Å²) in [4.78, 5) is 22.7. The highest BCUT2D eigenvalue weighted by Gasteiger charge is 2.21. The Morgan fingerprint density at radius 2 is 1.84 bits per heavy atom. The molecule has 1 aromatic heterocycles. The average molecular weight is 472 g/mol. The molecule has 3 aromatic carbocycles. The highest BCUT2D eigenvalue weighted by molar-refractivity contribution is 7.92. The summed E-state index contributed by atoms with van der Waals surface area (Å²) in [7, 11) is -2.77. The van der Waals surface area contributed by atoms with Crippen molar-refractivity contribution in [3.63, 3.8) is 0 Å². The van der Waals surface area contributed by atoms with Crippen LogP contribution in [0.5, 0.6) is 5.75 Å². The van der Waals surface area contributed by atoms with Gasteiger partial charge in [-0.15, -0.1) is 0 Å². The minimum Gasteiger partial charge on any atom is -0.495 e. The van der Waals surface area contributed by atoms with Gasteiger partial charge in [0.2, 0.25) is 0 Å². The molecule has 0 unspecified atom stereocenters. The largest absolute Gasteiger partial charge is 0.495 e. The second-order valence-electron chi connectivity index (χ2n) is 6.82. The van der Waals surface area contributed by atoms with Crippen LogP contribution in [0.2, 0.25) is 0 Å². The smallest absolute Gasteiger partial charge is 0.308 e. The maximum Gasteiger partial charge on any atom is 0.308 e. The molecular formula is C21H17N3O6S2. The van der Waals surface area contributed by atoms with Crippen LogP contribution in [0.1, 0.15) is 5.56 Å². The first-order chi connectivity index (χ1) is 15.3. The van der Waals surface area contributed by atoms with Crippen molar-refractivity contribution in [2.45, 2.75) is 11.4 Å². The summed E-state index contributed by atoms with van der Waals surface area (Å²) < 4.78 is 35.5. The first-order valence-electron chi connectivity index (χ1n) is 9.31. The second-order valence-corrected chi connectivity index (χ2v) is 9.49.